The highest BCUT2D eigenvalue weighted by Crippen LogP contribution is 2.23. The lowest BCUT2D eigenvalue weighted by atomic mass is 9.99. The summed E-state index contributed by atoms with van der Waals surface area (Å²) in [5, 5.41) is 16.4. The van der Waals surface area contributed by atoms with Gasteiger partial charge in [0, 0.05) is 11.1 Å². The lowest BCUT2D eigenvalue weighted by molar-refractivity contribution is -0.143. The predicted molar refractivity (Wildman–Crippen MR) is 107 cm³/mol. The number of H-pyrrole nitrogens is 1. The number of carbonyl (C=O) groups excluding carboxylic acids is 2. The van der Waals surface area contributed by atoms with Crippen molar-refractivity contribution in [1.82, 2.24) is 25.9 Å². The van der Waals surface area contributed by atoms with E-state index >= 15 is 0 Å². The third kappa shape index (κ3) is 5.86. The van der Waals surface area contributed by atoms with Crippen LogP contribution in [0, 0.1) is 0 Å². The van der Waals surface area contributed by atoms with Crippen LogP contribution in [0.15, 0.2) is 48.5 Å². The molecule has 2 N–H and O–H groups in total. The van der Waals surface area contributed by atoms with E-state index < -0.39 is 11.9 Å². The van der Waals surface area contributed by atoms with E-state index in [9.17, 15) is 9.59 Å². The van der Waals surface area contributed by atoms with Crippen LogP contribution in [-0.2, 0) is 16.0 Å². The Hall–Kier alpha value is -3.26. The first-order chi connectivity index (χ1) is 14.0. The summed E-state index contributed by atoms with van der Waals surface area (Å²) in [7, 11) is 0. The summed E-state index contributed by atoms with van der Waals surface area (Å²) in [6.45, 7) is 2.01. The molecule has 0 aliphatic carbocycles. The van der Waals surface area contributed by atoms with Gasteiger partial charge in [-0.15, -0.1) is 10.2 Å². The van der Waals surface area contributed by atoms with Gasteiger partial charge in [-0.3, -0.25) is 9.59 Å². The van der Waals surface area contributed by atoms with Gasteiger partial charge in [0.25, 0.3) is 11.7 Å². The molecule has 3 aromatic rings. The molecule has 150 valence electrons. The van der Waals surface area contributed by atoms with Gasteiger partial charge in [0.1, 0.15) is 0 Å². The van der Waals surface area contributed by atoms with E-state index in [1.807, 2.05) is 48.5 Å². The standard InChI is InChI=1S/C20H20ClN5O3/c1-2-29-18(27)12-17(22-20(28)19-23-25-26-24-19)10-13-6-8-14(9-7-13)15-4-3-5-16(21)11-15/h3-9,11,17H,2,10,12H2,1H3,(H,22,28)(H,23,24,25,26)/t17-/m1/s1. The second-order valence-corrected chi connectivity index (χ2v) is 6.76. The lowest BCUT2D eigenvalue weighted by Crippen LogP contribution is -2.39. The Morgan fingerprint density at radius 3 is 2.62 bits per heavy atom. The molecule has 1 amide bonds. The van der Waals surface area contributed by atoms with Crippen LogP contribution >= 0.6 is 11.6 Å². The molecular weight excluding hydrogens is 394 g/mol. The molecule has 0 unspecified atom stereocenters. The molecule has 1 atom stereocenters. The van der Waals surface area contributed by atoms with E-state index in [1.54, 1.807) is 6.92 Å². The van der Waals surface area contributed by atoms with Crippen molar-refractivity contribution in [3.63, 3.8) is 0 Å². The van der Waals surface area contributed by atoms with E-state index in [0.29, 0.717) is 11.4 Å². The van der Waals surface area contributed by atoms with Crippen molar-refractivity contribution in [3.8, 4) is 11.1 Å². The topological polar surface area (TPSA) is 110 Å². The molecule has 0 fully saturated rings. The van der Waals surface area contributed by atoms with E-state index in [-0.39, 0.29) is 24.8 Å². The Kier molecular flexibility index (Phi) is 6.91. The van der Waals surface area contributed by atoms with Crippen molar-refractivity contribution in [2.45, 2.75) is 25.8 Å². The van der Waals surface area contributed by atoms with Crippen LogP contribution in [0.25, 0.3) is 11.1 Å². The molecule has 3 rings (SSSR count). The smallest absolute Gasteiger partial charge is 0.307 e. The maximum absolute atomic E-state index is 12.3. The number of nitrogens with one attached hydrogen (secondary N) is 2. The van der Waals surface area contributed by atoms with Crippen LogP contribution in [-0.4, -0.2) is 45.1 Å². The van der Waals surface area contributed by atoms with Gasteiger partial charge in [-0.2, -0.15) is 5.21 Å². The minimum absolute atomic E-state index is 0.0352. The molecule has 2 aromatic carbocycles. The molecule has 0 aliphatic rings. The predicted octanol–water partition coefficient (Wildman–Crippen LogP) is 2.81. The van der Waals surface area contributed by atoms with Gasteiger partial charge in [0.2, 0.25) is 0 Å². The summed E-state index contributed by atoms with van der Waals surface area (Å²) >= 11 is 6.06. The highest BCUT2D eigenvalue weighted by atomic mass is 35.5. The normalized spacial score (nSPS) is 11.7. The molecule has 0 bridgehead atoms. The number of rotatable bonds is 8. The summed E-state index contributed by atoms with van der Waals surface area (Å²) in [4.78, 5) is 24.2. The minimum atomic E-state index is -0.511. The highest BCUT2D eigenvalue weighted by Gasteiger charge is 2.21. The van der Waals surface area contributed by atoms with Gasteiger partial charge >= 0.3 is 5.97 Å². The average molecular weight is 414 g/mol. The highest BCUT2D eigenvalue weighted by molar-refractivity contribution is 6.30. The van der Waals surface area contributed by atoms with Crippen LogP contribution in [0.4, 0.5) is 0 Å². The summed E-state index contributed by atoms with van der Waals surface area (Å²) < 4.78 is 5.02. The second-order valence-electron chi connectivity index (χ2n) is 6.33. The van der Waals surface area contributed by atoms with Gasteiger partial charge < -0.3 is 10.1 Å². The van der Waals surface area contributed by atoms with Crippen molar-refractivity contribution in [1.29, 1.82) is 0 Å². The Balaban J connectivity index is 1.72. The van der Waals surface area contributed by atoms with Crippen LogP contribution in [0.1, 0.15) is 29.5 Å². The SMILES string of the molecule is CCOC(=O)C[C@@H](Cc1ccc(-c2cccc(Cl)c2)cc1)NC(=O)c1nn[nH]n1. The first-order valence-electron chi connectivity index (χ1n) is 9.10. The van der Waals surface area contributed by atoms with Crippen LogP contribution in [0.2, 0.25) is 5.02 Å². The van der Waals surface area contributed by atoms with Crippen molar-refractivity contribution >= 4 is 23.5 Å². The molecular formula is C20H20ClN5O3. The van der Waals surface area contributed by atoms with Gasteiger partial charge in [-0.05, 0) is 47.4 Å². The van der Waals surface area contributed by atoms with E-state index in [0.717, 1.165) is 16.7 Å². The number of aromatic amines is 1. The van der Waals surface area contributed by atoms with Crippen molar-refractivity contribution in [2.75, 3.05) is 6.61 Å². The van der Waals surface area contributed by atoms with Gasteiger partial charge in [0.15, 0.2) is 0 Å². The monoisotopic (exact) mass is 413 g/mol. The van der Waals surface area contributed by atoms with Crippen LogP contribution in [0.5, 0.6) is 0 Å². The summed E-state index contributed by atoms with van der Waals surface area (Å²) in [6, 6.07) is 15.0. The molecule has 0 spiro atoms. The van der Waals surface area contributed by atoms with Crippen molar-refractivity contribution in [3.05, 3.63) is 64.9 Å². The van der Waals surface area contributed by atoms with E-state index in [1.165, 1.54) is 0 Å². The van der Waals surface area contributed by atoms with Crippen molar-refractivity contribution < 1.29 is 14.3 Å². The zero-order chi connectivity index (χ0) is 20.6. The third-order valence-corrected chi connectivity index (χ3v) is 4.43. The largest absolute Gasteiger partial charge is 0.466 e. The second kappa shape index (κ2) is 9.79. The average Bonchev–Trinajstić information content (AvgIpc) is 3.24. The first-order valence-corrected chi connectivity index (χ1v) is 9.47. The quantitative estimate of drug-likeness (QED) is 0.549. The zero-order valence-corrected chi connectivity index (χ0v) is 16.5. The number of halogens is 1. The fourth-order valence-corrected chi connectivity index (χ4v) is 3.08. The molecule has 1 aromatic heterocycles. The number of ether oxygens (including phenoxy) is 1. The minimum Gasteiger partial charge on any atom is -0.466 e. The Morgan fingerprint density at radius 2 is 1.97 bits per heavy atom. The fraction of sp³-hybridized carbons (Fsp3) is 0.250. The molecule has 0 radical (unpaired) electrons. The number of aromatic nitrogens is 4. The number of amides is 1. The molecule has 0 saturated carbocycles. The van der Waals surface area contributed by atoms with Crippen LogP contribution in [0.3, 0.4) is 0 Å². The number of tetrazole rings is 1. The number of benzene rings is 2. The number of hydrogen-bond acceptors (Lipinski definition) is 6. The zero-order valence-electron chi connectivity index (χ0n) is 15.8. The molecule has 9 heteroatoms. The lowest BCUT2D eigenvalue weighted by Gasteiger charge is -2.17. The Labute approximate surface area is 172 Å². The van der Waals surface area contributed by atoms with Crippen LogP contribution < -0.4 is 5.32 Å². The van der Waals surface area contributed by atoms with Gasteiger partial charge in [-0.1, -0.05) is 48.0 Å². The third-order valence-electron chi connectivity index (χ3n) is 4.20. The molecule has 0 aliphatic heterocycles. The van der Waals surface area contributed by atoms with E-state index in [4.69, 9.17) is 16.3 Å². The summed E-state index contributed by atoms with van der Waals surface area (Å²) in [5.41, 5.74) is 2.99. The maximum atomic E-state index is 12.3. The maximum Gasteiger partial charge on any atom is 0.307 e. The molecule has 8 nitrogen and oxygen atoms in total. The van der Waals surface area contributed by atoms with Gasteiger partial charge in [0.05, 0.1) is 13.0 Å². The fourth-order valence-electron chi connectivity index (χ4n) is 2.89. The molecule has 0 saturated heterocycles. The number of hydrogen-bond donors (Lipinski definition) is 2. The number of esters is 1. The Bertz CT molecular complexity index is 961. The summed E-state index contributed by atoms with van der Waals surface area (Å²) in [5.74, 6) is -0.986. The first kappa shape index (κ1) is 20.5. The summed E-state index contributed by atoms with van der Waals surface area (Å²) in [6.07, 6.45) is 0.478. The number of carbonyl (C=O) groups is 2. The number of nitrogens with zero attached hydrogens (tertiary/aromatic N) is 3. The van der Waals surface area contributed by atoms with Gasteiger partial charge in [-0.25, -0.2) is 0 Å². The van der Waals surface area contributed by atoms with E-state index in [2.05, 4.69) is 25.9 Å². The molecule has 1 heterocycles. The molecule has 29 heavy (non-hydrogen) atoms. The van der Waals surface area contributed by atoms with Crippen molar-refractivity contribution in [2.24, 2.45) is 0 Å². The Morgan fingerprint density at radius 1 is 1.17 bits per heavy atom.